The van der Waals surface area contributed by atoms with E-state index in [4.69, 9.17) is 4.74 Å². The molecule has 1 heterocycles. The molecule has 3 atom stereocenters. The first kappa shape index (κ1) is 16.3. The fourth-order valence-electron chi connectivity index (χ4n) is 3.90. The molecule has 0 amide bonds. The van der Waals surface area contributed by atoms with Gasteiger partial charge >= 0.3 is 0 Å². The molecule has 2 aliphatic rings. The molecule has 0 radical (unpaired) electrons. The highest BCUT2D eigenvalue weighted by molar-refractivity contribution is 4.92. The van der Waals surface area contributed by atoms with Gasteiger partial charge in [0.05, 0.1) is 17.3 Å². The van der Waals surface area contributed by atoms with Crippen LogP contribution in [0.25, 0.3) is 0 Å². The lowest BCUT2D eigenvalue weighted by Gasteiger charge is -2.43. The number of ether oxygens (including phenoxy) is 1. The summed E-state index contributed by atoms with van der Waals surface area (Å²) in [4.78, 5) is 0. The van der Waals surface area contributed by atoms with Gasteiger partial charge in [0.1, 0.15) is 0 Å². The van der Waals surface area contributed by atoms with Gasteiger partial charge in [-0.1, -0.05) is 40.0 Å². The van der Waals surface area contributed by atoms with E-state index in [1.54, 1.807) is 0 Å². The molecule has 2 rings (SSSR count). The van der Waals surface area contributed by atoms with E-state index in [1.807, 2.05) is 0 Å². The lowest BCUT2D eigenvalue weighted by atomic mass is 9.72. The Morgan fingerprint density at radius 1 is 1.00 bits per heavy atom. The molecule has 1 saturated carbocycles. The highest BCUT2D eigenvalue weighted by Crippen LogP contribution is 2.39. The molecule has 2 fully saturated rings. The van der Waals surface area contributed by atoms with Crippen LogP contribution in [0.2, 0.25) is 0 Å². The molecule has 1 aliphatic carbocycles. The molecule has 3 heteroatoms. The van der Waals surface area contributed by atoms with Gasteiger partial charge < -0.3 is 14.9 Å². The van der Waals surface area contributed by atoms with Crippen LogP contribution in [0.1, 0.15) is 72.1 Å². The maximum atomic E-state index is 10.8. The van der Waals surface area contributed by atoms with Crippen LogP contribution in [-0.2, 0) is 4.74 Å². The molecule has 1 aliphatic heterocycles. The average molecular weight is 284 g/mol. The zero-order chi connectivity index (χ0) is 14.8. The van der Waals surface area contributed by atoms with E-state index in [2.05, 4.69) is 20.8 Å². The van der Waals surface area contributed by atoms with Crippen LogP contribution in [0.15, 0.2) is 0 Å². The molecule has 2 N–H and O–H groups in total. The highest BCUT2D eigenvalue weighted by Gasteiger charge is 2.41. The van der Waals surface area contributed by atoms with Crippen molar-refractivity contribution in [1.82, 2.24) is 0 Å². The van der Waals surface area contributed by atoms with Crippen molar-refractivity contribution in [3.05, 3.63) is 0 Å². The molecule has 1 saturated heterocycles. The van der Waals surface area contributed by atoms with Gasteiger partial charge in [0.2, 0.25) is 0 Å². The van der Waals surface area contributed by atoms with E-state index in [9.17, 15) is 10.2 Å². The topological polar surface area (TPSA) is 49.7 Å². The minimum absolute atomic E-state index is 0.0945. The average Bonchev–Trinajstić information content (AvgIpc) is 2.39. The van der Waals surface area contributed by atoms with Gasteiger partial charge in [0.25, 0.3) is 0 Å². The minimum Gasteiger partial charge on any atom is -0.390 e. The zero-order valence-corrected chi connectivity index (χ0v) is 13.4. The summed E-state index contributed by atoms with van der Waals surface area (Å²) in [6.07, 6.45) is 7.80. The molecule has 3 unspecified atom stereocenters. The molecule has 0 aromatic heterocycles. The van der Waals surface area contributed by atoms with E-state index in [-0.39, 0.29) is 17.9 Å². The molecule has 0 bridgehead atoms. The van der Waals surface area contributed by atoms with Crippen molar-refractivity contribution >= 4 is 0 Å². The smallest absolute Gasteiger partial charge is 0.0717 e. The third-order valence-corrected chi connectivity index (χ3v) is 5.80. The summed E-state index contributed by atoms with van der Waals surface area (Å²) in [6, 6.07) is 0. The molecule has 3 nitrogen and oxygen atoms in total. The van der Waals surface area contributed by atoms with E-state index >= 15 is 0 Å². The van der Waals surface area contributed by atoms with Crippen molar-refractivity contribution in [2.75, 3.05) is 6.61 Å². The normalized spacial score (nSPS) is 36.0. The Kier molecular flexibility index (Phi) is 5.14. The maximum Gasteiger partial charge on any atom is 0.0717 e. The minimum atomic E-state index is -0.585. The van der Waals surface area contributed by atoms with Crippen LogP contribution in [0, 0.1) is 11.8 Å². The van der Waals surface area contributed by atoms with Gasteiger partial charge in [0, 0.05) is 13.0 Å². The maximum absolute atomic E-state index is 10.8. The summed E-state index contributed by atoms with van der Waals surface area (Å²) in [5.74, 6) is 0.518. The van der Waals surface area contributed by atoms with Gasteiger partial charge in [-0.15, -0.1) is 0 Å². The first-order chi connectivity index (χ1) is 9.36. The summed E-state index contributed by atoms with van der Waals surface area (Å²) in [6.45, 7) is 6.96. The summed E-state index contributed by atoms with van der Waals surface area (Å²) in [7, 11) is 0. The predicted octanol–water partition coefficient (Wildman–Crippen LogP) is 3.27. The van der Waals surface area contributed by atoms with Crippen molar-refractivity contribution in [1.29, 1.82) is 0 Å². The molecule has 0 aromatic rings. The predicted molar refractivity (Wildman–Crippen MR) is 80.6 cm³/mol. The SMILES string of the molecule is CC(C)C1(O)CCOC(CC(C)C2(O)CCCCC2)C1. The quantitative estimate of drug-likeness (QED) is 0.833. The van der Waals surface area contributed by atoms with Crippen LogP contribution in [0.3, 0.4) is 0 Å². The molecule has 0 aromatic carbocycles. The Bertz CT molecular complexity index is 309. The van der Waals surface area contributed by atoms with Gasteiger partial charge in [-0.25, -0.2) is 0 Å². The van der Waals surface area contributed by atoms with Crippen LogP contribution in [0.5, 0.6) is 0 Å². The van der Waals surface area contributed by atoms with Crippen molar-refractivity contribution < 1.29 is 14.9 Å². The van der Waals surface area contributed by atoms with E-state index in [0.29, 0.717) is 13.0 Å². The van der Waals surface area contributed by atoms with E-state index in [1.165, 1.54) is 6.42 Å². The Morgan fingerprint density at radius 3 is 2.25 bits per heavy atom. The second kappa shape index (κ2) is 6.33. The summed E-state index contributed by atoms with van der Waals surface area (Å²) < 4.78 is 5.86. The van der Waals surface area contributed by atoms with Gasteiger partial charge in [-0.05, 0) is 37.5 Å². The van der Waals surface area contributed by atoms with Crippen molar-refractivity contribution in [3.8, 4) is 0 Å². The van der Waals surface area contributed by atoms with Crippen LogP contribution >= 0.6 is 0 Å². The number of aliphatic hydroxyl groups is 2. The van der Waals surface area contributed by atoms with Crippen molar-refractivity contribution in [3.63, 3.8) is 0 Å². The van der Waals surface area contributed by atoms with Crippen LogP contribution < -0.4 is 0 Å². The van der Waals surface area contributed by atoms with Crippen molar-refractivity contribution in [2.45, 2.75) is 89.4 Å². The van der Waals surface area contributed by atoms with Crippen LogP contribution in [0.4, 0.5) is 0 Å². The molecule has 20 heavy (non-hydrogen) atoms. The van der Waals surface area contributed by atoms with Gasteiger partial charge in [-0.2, -0.15) is 0 Å². The number of hydrogen-bond acceptors (Lipinski definition) is 3. The Morgan fingerprint density at radius 2 is 1.65 bits per heavy atom. The van der Waals surface area contributed by atoms with Crippen molar-refractivity contribution in [2.24, 2.45) is 11.8 Å². The third-order valence-electron chi connectivity index (χ3n) is 5.80. The Labute approximate surface area is 123 Å². The Hall–Kier alpha value is -0.120. The number of hydrogen-bond donors (Lipinski definition) is 2. The standard InChI is InChI=1S/C17H32O3/c1-13(2)17(19)9-10-20-15(12-17)11-14(3)16(18)7-5-4-6-8-16/h13-15,18-19H,4-12H2,1-3H3. The zero-order valence-electron chi connectivity index (χ0n) is 13.4. The van der Waals surface area contributed by atoms with Gasteiger partial charge in [-0.3, -0.25) is 0 Å². The molecule has 0 spiro atoms. The third kappa shape index (κ3) is 3.55. The largest absolute Gasteiger partial charge is 0.390 e. The van der Waals surface area contributed by atoms with Gasteiger partial charge in [0.15, 0.2) is 0 Å². The summed E-state index contributed by atoms with van der Waals surface area (Å²) >= 11 is 0. The monoisotopic (exact) mass is 284 g/mol. The second-order valence-corrected chi connectivity index (χ2v) is 7.51. The molecule has 118 valence electrons. The first-order valence-corrected chi connectivity index (χ1v) is 8.42. The lowest BCUT2D eigenvalue weighted by Crippen LogP contribution is -2.47. The van der Waals surface area contributed by atoms with E-state index in [0.717, 1.165) is 38.5 Å². The lowest BCUT2D eigenvalue weighted by molar-refractivity contribution is -0.140. The Balaban J connectivity index is 1.92. The fraction of sp³-hybridized carbons (Fsp3) is 1.00. The fourth-order valence-corrected chi connectivity index (χ4v) is 3.90. The molecular weight excluding hydrogens is 252 g/mol. The first-order valence-electron chi connectivity index (χ1n) is 8.42. The second-order valence-electron chi connectivity index (χ2n) is 7.51. The summed E-state index contributed by atoms with van der Waals surface area (Å²) in [5, 5.41) is 21.5. The number of rotatable bonds is 4. The van der Waals surface area contributed by atoms with E-state index < -0.39 is 11.2 Å². The highest BCUT2D eigenvalue weighted by atomic mass is 16.5. The van der Waals surface area contributed by atoms with Crippen LogP contribution in [-0.4, -0.2) is 34.1 Å². The summed E-state index contributed by atoms with van der Waals surface area (Å²) in [5.41, 5.74) is -1.09. The molecular formula is C17H32O3.